The van der Waals surface area contributed by atoms with Crippen LogP contribution in [0.5, 0.6) is 0 Å². The number of hydrogen-bond donors (Lipinski definition) is 0. The average molecular weight is 286 g/mol. The summed E-state index contributed by atoms with van der Waals surface area (Å²) in [5.74, 6) is -0.882. The summed E-state index contributed by atoms with van der Waals surface area (Å²) in [6.07, 6.45) is 7.19. The van der Waals surface area contributed by atoms with Gasteiger partial charge in [0.25, 0.3) is 12.3 Å². The van der Waals surface area contributed by atoms with E-state index in [1.165, 1.54) is 18.1 Å². The van der Waals surface area contributed by atoms with Gasteiger partial charge in [-0.3, -0.25) is 9.59 Å². The summed E-state index contributed by atoms with van der Waals surface area (Å²) in [6, 6.07) is 0. The molecule has 0 aliphatic heterocycles. The molecule has 108 valence electrons. The fourth-order valence-corrected chi connectivity index (χ4v) is 1.56. The molecule has 5 heteroatoms. The minimum Gasteiger partial charge on any atom is -0.355 e. The highest BCUT2D eigenvalue weighted by Crippen LogP contribution is 2.11. The second kappa shape index (κ2) is 10.7. The molecule has 0 aromatic heterocycles. The van der Waals surface area contributed by atoms with E-state index in [0.29, 0.717) is 18.7 Å². The van der Waals surface area contributed by atoms with Crippen LogP contribution in [-0.4, -0.2) is 11.9 Å². The highest BCUT2D eigenvalue weighted by Gasteiger charge is 2.04. The third-order valence-electron chi connectivity index (χ3n) is 2.21. The number of rotatable bonds is 8. The van der Waals surface area contributed by atoms with Gasteiger partial charge in [-0.25, -0.2) is 0 Å². The molecule has 0 unspecified atom stereocenters. The Morgan fingerprint density at radius 3 is 2.16 bits per heavy atom. The molecular weight excluding hydrogens is 264 g/mol. The van der Waals surface area contributed by atoms with Crippen molar-refractivity contribution >= 4 is 24.3 Å². The molecule has 0 N–H and O–H groups in total. The fraction of sp³-hybridized carbons (Fsp3) is 0.571. The summed E-state index contributed by atoms with van der Waals surface area (Å²) in [4.78, 5) is 21.7. The smallest absolute Gasteiger partial charge is 0.321 e. The van der Waals surface area contributed by atoms with E-state index in [0.717, 1.165) is 12.8 Å². The number of allylic oxidation sites excluding steroid dienone is 4. The van der Waals surface area contributed by atoms with Crippen LogP contribution in [0.1, 0.15) is 53.4 Å². The monoisotopic (exact) mass is 286 g/mol. The first-order chi connectivity index (χ1) is 8.91. The Morgan fingerprint density at radius 1 is 0.947 bits per heavy atom. The van der Waals surface area contributed by atoms with Crippen molar-refractivity contribution in [2.24, 2.45) is 0 Å². The summed E-state index contributed by atoms with van der Waals surface area (Å²) in [5.41, 5.74) is 2.58. The van der Waals surface area contributed by atoms with Crippen LogP contribution >= 0.6 is 12.3 Å². The quantitative estimate of drug-likeness (QED) is 0.496. The van der Waals surface area contributed by atoms with E-state index >= 15 is 0 Å². The van der Waals surface area contributed by atoms with Gasteiger partial charge in [0.05, 0.1) is 6.42 Å². The van der Waals surface area contributed by atoms with Crippen molar-refractivity contribution in [3.05, 3.63) is 23.3 Å². The first kappa shape index (κ1) is 17.8. The molecule has 0 bridgehead atoms. The van der Waals surface area contributed by atoms with Gasteiger partial charge < -0.3 is 8.37 Å². The zero-order valence-corrected chi connectivity index (χ0v) is 12.8. The molecule has 0 rings (SSSR count). The Bertz CT molecular complexity index is 354. The van der Waals surface area contributed by atoms with Gasteiger partial charge in [-0.05, 0) is 40.0 Å². The highest BCUT2D eigenvalue weighted by molar-refractivity contribution is 7.90. The van der Waals surface area contributed by atoms with E-state index in [-0.39, 0.29) is 12.4 Å². The van der Waals surface area contributed by atoms with Crippen LogP contribution in [0.25, 0.3) is 0 Å². The van der Waals surface area contributed by atoms with Crippen LogP contribution in [0.3, 0.4) is 0 Å². The number of hydrogen-bond acceptors (Lipinski definition) is 5. The molecule has 0 saturated carbocycles. The summed E-state index contributed by atoms with van der Waals surface area (Å²) >= 11 is 0.418. The summed E-state index contributed by atoms with van der Waals surface area (Å²) in [5, 5.41) is 0. The van der Waals surface area contributed by atoms with E-state index < -0.39 is 5.97 Å². The maximum Gasteiger partial charge on any atom is 0.321 e. The maximum atomic E-state index is 11.2. The van der Waals surface area contributed by atoms with Gasteiger partial charge in [-0.1, -0.05) is 23.3 Å². The predicted octanol–water partition coefficient (Wildman–Crippen LogP) is 4.13. The lowest BCUT2D eigenvalue weighted by Crippen LogP contribution is -2.00. The SMILES string of the molecule is CC(=O)OSOC(=O)CC/C=C(\C)CCC=C(C)C. The molecule has 0 radical (unpaired) electrons. The van der Waals surface area contributed by atoms with Gasteiger partial charge >= 0.3 is 11.9 Å². The van der Waals surface area contributed by atoms with E-state index in [1.54, 1.807) is 0 Å². The van der Waals surface area contributed by atoms with Crippen LogP contribution in [0, 0.1) is 0 Å². The second-order valence-electron chi connectivity index (χ2n) is 4.51. The van der Waals surface area contributed by atoms with Crippen LogP contribution in [-0.2, 0) is 18.0 Å². The predicted molar refractivity (Wildman–Crippen MR) is 77.1 cm³/mol. The molecule has 0 aliphatic rings. The first-order valence-corrected chi connectivity index (χ1v) is 6.92. The second-order valence-corrected chi connectivity index (χ2v) is 4.98. The lowest BCUT2D eigenvalue weighted by atomic mass is 10.1. The minimum absolute atomic E-state index is 0.286. The van der Waals surface area contributed by atoms with Crippen LogP contribution < -0.4 is 0 Å². The van der Waals surface area contributed by atoms with Gasteiger partial charge in [-0.15, -0.1) is 0 Å². The number of carbonyl (C=O) groups excluding carboxylic acids is 2. The molecule has 4 nitrogen and oxygen atoms in total. The molecule has 0 aliphatic carbocycles. The molecule has 0 aromatic rings. The van der Waals surface area contributed by atoms with Crippen molar-refractivity contribution < 1.29 is 18.0 Å². The standard InChI is InChI=1S/C14H22O4S/c1-11(2)7-5-8-12(3)9-6-10-14(16)18-19-17-13(4)15/h7,9H,5-6,8,10H2,1-4H3/b12-9+. The Balaban J connectivity index is 3.72. The van der Waals surface area contributed by atoms with Gasteiger partial charge in [0.15, 0.2) is 0 Å². The average Bonchev–Trinajstić information content (AvgIpc) is 2.27. The largest absolute Gasteiger partial charge is 0.355 e. The Labute approximate surface area is 119 Å². The third kappa shape index (κ3) is 13.0. The number of carbonyl (C=O) groups is 2. The van der Waals surface area contributed by atoms with Crippen LogP contribution in [0.4, 0.5) is 0 Å². The Hall–Kier alpha value is -1.23. The van der Waals surface area contributed by atoms with Crippen molar-refractivity contribution in [2.75, 3.05) is 0 Å². The molecule has 0 fully saturated rings. The molecule has 0 saturated heterocycles. The van der Waals surface area contributed by atoms with Gasteiger partial charge in [0.1, 0.15) is 0 Å². The van der Waals surface area contributed by atoms with Crippen LogP contribution in [0.15, 0.2) is 23.3 Å². The van der Waals surface area contributed by atoms with Gasteiger partial charge in [-0.2, -0.15) is 0 Å². The lowest BCUT2D eigenvalue weighted by Gasteiger charge is -2.01. The van der Waals surface area contributed by atoms with E-state index in [2.05, 4.69) is 35.2 Å². The van der Waals surface area contributed by atoms with Crippen molar-refractivity contribution in [2.45, 2.75) is 53.4 Å². The topological polar surface area (TPSA) is 52.6 Å². The molecule has 0 heterocycles. The minimum atomic E-state index is -0.493. The van der Waals surface area contributed by atoms with E-state index in [9.17, 15) is 9.59 Å². The Kier molecular flexibility index (Phi) is 9.98. The van der Waals surface area contributed by atoms with Gasteiger partial charge in [0.2, 0.25) is 0 Å². The molecular formula is C14H22O4S. The van der Waals surface area contributed by atoms with Gasteiger partial charge in [0, 0.05) is 6.92 Å². The third-order valence-corrected chi connectivity index (χ3v) is 2.77. The normalized spacial score (nSPS) is 10.8. The lowest BCUT2D eigenvalue weighted by molar-refractivity contribution is -0.134. The zero-order chi connectivity index (χ0) is 14.7. The van der Waals surface area contributed by atoms with Crippen molar-refractivity contribution in [3.8, 4) is 0 Å². The molecule has 0 spiro atoms. The highest BCUT2D eigenvalue weighted by atomic mass is 32.2. The van der Waals surface area contributed by atoms with E-state index in [4.69, 9.17) is 0 Å². The maximum absolute atomic E-state index is 11.2. The summed E-state index contributed by atoms with van der Waals surface area (Å²) in [7, 11) is 0. The molecule has 0 aromatic carbocycles. The first-order valence-electron chi connectivity index (χ1n) is 6.25. The van der Waals surface area contributed by atoms with Crippen LogP contribution in [0.2, 0.25) is 0 Å². The van der Waals surface area contributed by atoms with Crippen molar-refractivity contribution in [3.63, 3.8) is 0 Å². The summed E-state index contributed by atoms with van der Waals surface area (Å²) < 4.78 is 9.07. The Morgan fingerprint density at radius 2 is 1.58 bits per heavy atom. The molecule has 19 heavy (non-hydrogen) atoms. The molecule has 0 atom stereocenters. The van der Waals surface area contributed by atoms with E-state index in [1.807, 2.05) is 6.08 Å². The zero-order valence-electron chi connectivity index (χ0n) is 12.0. The molecule has 0 amide bonds. The fourth-order valence-electron chi connectivity index (χ4n) is 1.27. The van der Waals surface area contributed by atoms with Crippen molar-refractivity contribution in [1.82, 2.24) is 0 Å². The summed E-state index contributed by atoms with van der Waals surface area (Å²) in [6.45, 7) is 7.46. The van der Waals surface area contributed by atoms with Crippen molar-refractivity contribution in [1.29, 1.82) is 0 Å².